The Morgan fingerprint density at radius 1 is 1.82 bits per heavy atom. The van der Waals surface area contributed by atoms with Crippen LogP contribution in [0.25, 0.3) is 0 Å². The van der Waals surface area contributed by atoms with Gasteiger partial charge in [-0.25, -0.2) is 0 Å². The Labute approximate surface area is 62.6 Å². The van der Waals surface area contributed by atoms with Crippen molar-refractivity contribution < 1.29 is 14.3 Å². The van der Waals surface area contributed by atoms with Crippen LogP contribution in [0.5, 0.6) is 0 Å². The molecule has 0 aromatic carbocycles. The van der Waals surface area contributed by atoms with Gasteiger partial charge in [0.15, 0.2) is 0 Å². The molecule has 0 radical (unpaired) electrons. The number of carbonyl (C=O) groups excluding carboxylic acids is 2. The number of likely N-dealkylation sites (N-methyl/N-ethyl adjacent to an activating group) is 1. The molecular weight excluding hydrogens is 150 g/mol. The fraction of sp³-hybridized carbons (Fsp3) is 0.400. The van der Waals surface area contributed by atoms with Crippen molar-refractivity contribution in [3.63, 3.8) is 0 Å². The molecule has 1 unspecified atom stereocenters. The van der Waals surface area contributed by atoms with Gasteiger partial charge in [-0.3, -0.25) is 20.3 Å². The highest BCUT2D eigenvalue weighted by molar-refractivity contribution is 6.04. The Hall–Kier alpha value is -1.59. The van der Waals surface area contributed by atoms with Crippen LogP contribution in [0.1, 0.15) is 0 Å². The quantitative estimate of drug-likeness (QED) is 0.477. The number of guanidine groups is 1. The summed E-state index contributed by atoms with van der Waals surface area (Å²) in [7, 11) is 1.48. The minimum Gasteiger partial charge on any atom is -0.434 e. The Kier molecular flexibility index (Phi) is 1.75. The molecule has 0 saturated carbocycles. The molecule has 0 spiro atoms. The number of hydrogen-bond acceptors (Lipinski definition) is 4. The zero-order valence-electron chi connectivity index (χ0n) is 5.83. The van der Waals surface area contributed by atoms with E-state index in [9.17, 15) is 9.59 Å². The monoisotopic (exact) mass is 157 g/mol. The van der Waals surface area contributed by atoms with Crippen LogP contribution in [0.4, 0.5) is 0 Å². The van der Waals surface area contributed by atoms with Crippen molar-refractivity contribution in [3.05, 3.63) is 0 Å². The van der Waals surface area contributed by atoms with Gasteiger partial charge in [0, 0.05) is 7.05 Å². The number of nitrogens with one attached hydrogen (secondary N) is 2. The molecule has 0 aromatic heterocycles. The molecule has 6 nitrogen and oxygen atoms in total. The third kappa shape index (κ3) is 1.14. The van der Waals surface area contributed by atoms with Crippen LogP contribution in [-0.2, 0) is 14.3 Å². The minimum atomic E-state index is -0.986. The van der Waals surface area contributed by atoms with Crippen LogP contribution in [0.15, 0.2) is 0 Å². The molecular formula is C5H7N3O3. The molecule has 1 aliphatic heterocycles. The topological polar surface area (TPSA) is 82.5 Å². The summed E-state index contributed by atoms with van der Waals surface area (Å²) in [5.74, 6) is -0.563. The van der Waals surface area contributed by atoms with Crippen molar-refractivity contribution in [1.82, 2.24) is 10.2 Å². The molecule has 1 saturated heterocycles. The summed E-state index contributed by atoms with van der Waals surface area (Å²) >= 11 is 0. The maximum atomic E-state index is 10.8. The second-order valence-electron chi connectivity index (χ2n) is 2.03. The van der Waals surface area contributed by atoms with Gasteiger partial charge in [-0.15, -0.1) is 0 Å². The van der Waals surface area contributed by atoms with Crippen LogP contribution in [0.2, 0.25) is 0 Å². The molecule has 11 heavy (non-hydrogen) atoms. The van der Waals surface area contributed by atoms with Gasteiger partial charge in [0.1, 0.15) is 0 Å². The van der Waals surface area contributed by atoms with Crippen LogP contribution < -0.4 is 5.32 Å². The van der Waals surface area contributed by atoms with E-state index in [1.165, 1.54) is 11.9 Å². The van der Waals surface area contributed by atoms with E-state index >= 15 is 0 Å². The Morgan fingerprint density at radius 2 is 2.45 bits per heavy atom. The molecule has 0 aromatic rings. The Bertz CT molecular complexity index is 215. The summed E-state index contributed by atoms with van der Waals surface area (Å²) in [5, 5.41) is 9.28. The van der Waals surface area contributed by atoms with Crippen molar-refractivity contribution in [2.45, 2.75) is 6.23 Å². The Morgan fingerprint density at radius 3 is 2.82 bits per heavy atom. The lowest BCUT2D eigenvalue weighted by Crippen LogP contribution is -2.33. The lowest BCUT2D eigenvalue weighted by Gasteiger charge is -2.14. The summed E-state index contributed by atoms with van der Waals surface area (Å²) in [5.41, 5.74) is 0. The van der Waals surface area contributed by atoms with E-state index in [0.717, 1.165) is 0 Å². The van der Waals surface area contributed by atoms with E-state index in [-0.39, 0.29) is 12.4 Å². The van der Waals surface area contributed by atoms with E-state index in [4.69, 9.17) is 5.41 Å². The molecule has 0 aliphatic carbocycles. The highest BCUT2D eigenvalue weighted by Gasteiger charge is 2.34. The van der Waals surface area contributed by atoms with Gasteiger partial charge in [-0.2, -0.15) is 0 Å². The number of nitrogens with zero attached hydrogens (tertiary/aromatic N) is 1. The first-order valence-electron chi connectivity index (χ1n) is 2.88. The number of carbonyl (C=O) groups is 2. The fourth-order valence-corrected chi connectivity index (χ4v) is 0.765. The third-order valence-corrected chi connectivity index (χ3v) is 1.35. The molecule has 1 amide bonds. The largest absolute Gasteiger partial charge is 0.434 e. The highest BCUT2D eigenvalue weighted by Crippen LogP contribution is 2.03. The normalized spacial score (nSPS) is 23.4. The average molecular weight is 157 g/mol. The fourth-order valence-electron chi connectivity index (χ4n) is 0.765. The molecule has 60 valence electrons. The SMILES string of the molecule is CN1C(=N)NC(=O)C1OC=O. The van der Waals surface area contributed by atoms with E-state index in [0.29, 0.717) is 0 Å². The molecule has 1 heterocycles. The molecule has 2 N–H and O–H groups in total. The summed E-state index contributed by atoms with van der Waals surface area (Å²) in [6.45, 7) is 0.180. The standard InChI is InChI=1S/C5H7N3O3/c1-8-4(11-2-9)3(10)7-5(8)6/h2,4H,1H3,(H2,6,7,10). The first-order chi connectivity index (χ1) is 5.16. The van der Waals surface area contributed by atoms with Gasteiger partial charge in [-0.05, 0) is 0 Å². The van der Waals surface area contributed by atoms with E-state index in [1.54, 1.807) is 0 Å². The van der Waals surface area contributed by atoms with E-state index in [2.05, 4.69) is 10.1 Å². The summed E-state index contributed by atoms with van der Waals surface area (Å²) < 4.78 is 4.39. The average Bonchev–Trinajstić information content (AvgIpc) is 2.17. The molecule has 1 atom stereocenters. The van der Waals surface area contributed by atoms with E-state index in [1.807, 2.05) is 0 Å². The summed E-state index contributed by atoms with van der Waals surface area (Å²) in [6, 6.07) is 0. The van der Waals surface area contributed by atoms with Crippen molar-refractivity contribution in [1.29, 1.82) is 5.41 Å². The third-order valence-electron chi connectivity index (χ3n) is 1.35. The molecule has 0 bridgehead atoms. The first kappa shape index (κ1) is 7.52. The maximum absolute atomic E-state index is 10.8. The summed E-state index contributed by atoms with van der Waals surface area (Å²) in [6.07, 6.45) is -0.986. The second kappa shape index (κ2) is 2.57. The van der Waals surface area contributed by atoms with Gasteiger partial charge in [0.2, 0.25) is 5.96 Å². The van der Waals surface area contributed by atoms with E-state index < -0.39 is 12.1 Å². The van der Waals surface area contributed by atoms with Gasteiger partial charge in [-0.1, -0.05) is 0 Å². The number of amides is 1. The zero-order valence-corrected chi connectivity index (χ0v) is 5.83. The first-order valence-corrected chi connectivity index (χ1v) is 2.88. The van der Waals surface area contributed by atoms with Crippen molar-refractivity contribution >= 4 is 18.3 Å². The van der Waals surface area contributed by atoms with Crippen LogP contribution in [0.3, 0.4) is 0 Å². The van der Waals surface area contributed by atoms with Crippen molar-refractivity contribution in [2.75, 3.05) is 7.05 Å². The molecule has 1 aliphatic rings. The molecule has 1 fully saturated rings. The molecule has 1 rings (SSSR count). The van der Waals surface area contributed by atoms with Gasteiger partial charge in [0.25, 0.3) is 18.6 Å². The lowest BCUT2D eigenvalue weighted by molar-refractivity contribution is -0.148. The maximum Gasteiger partial charge on any atom is 0.295 e. The van der Waals surface area contributed by atoms with Crippen LogP contribution in [0, 0.1) is 5.41 Å². The van der Waals surface area contributed by atoms with Crippen molar-refractivity contribution in [3.8, 4) is 0 Å². The highest BCUT2D eigenvalue weighted by atomic mass is 16.5. The van der Waals surface area contributed by atoms with Gasteiger partial charge < -0.3 is 9.64 Å². The number of ether oxygens (including phenoxy) is 1. The summed E-state index contributed by atoms with van der Waals surface area (Å²) in [4.78, 5) is 21.9. The lowest BCUT2D eigenvalue weighted by atomic mass is 10.5. The number of rotatable bonds is 2. The van der Waals surface area contributed by atoms with Gasteiger partial charge >= 0.3 is 0 Å². The Balaban J connectivity index is 2.70. The second-order valence-corrected chi connectivity index (χ2v) is 2.03. The predicted octanol–water partition coefficient (Wildman–Crippen LogP) is -1.52. The van der Waals surface area contributed by atoms with Crippen molar-refractivity contribution in [2.24, 2.45) is 0 Å². The van der Waals surface area contributed by atoms with Crippen LogP contribution >= 0.6 is 0 Å². The minimum absolute atomic E-state index is 0.0677. The van der Waals surface area contributed by atoms with Crippen LogP contribution in [-0.4, -0.2) is 36.5 Å². The smallest absolute Gasteiger partial charge is 0.295 e. The zero-order chi connectivity index (χ0) is 8.43. The van der Waals surface area contributed by atoms with Gasteiger partial charge in [0.05, 0.1) is 0 Å². The number of hydrogen-bond donors (Lipinski definition) is 2. The predicted molar refractivity (Wildman–Crippen MR) is 34.6 cm³/mol. The molecule has 6 heteroatoms.